The minimum absolute atomic E-state index is 0.0732. The van der Waals surface area contributed by atoms with Crippen molar-refractivity contribution in [3.8, 4) is 0 Å². The summed E-state index contributed by atoms with van der Waals surface area (Å²) in [5, 5.41) is -2.72. The molecule has 0 saturated heterocycles. The number of hydrogen-bond donors (Lipinski definition) is 0. The first-order valence-corrected chi connectivity index (χ1v) is 7.05. The molecule has 8 heteroatoms. The van der Waals surface area contributed by atoms with Gasteiger partial charge in [-0.1, -0.05) is 18.2 Å². The molecule has 18 heavy (non-hydrogen) atoms. The molecule has 0 aliphatic rings. The van der Waals surface area contributed by atoms with Gasteiger partial charge in [0, 0.05) is 21.6 Å². The lowest BCUT2D eigenvalue weighted by Crippen LogP contribution is -2.25. The Hall–Kier alpha value is -1.21. The summed E-state index contributed by atoms with van der Waals surface area (Å²) in [6.07, 6.45) is -4.24. The predicted molar refractivity (Wildman–Crippen MR) is 59.8 cm³/mol. The molecule has 1 unspecified atom stereocenters. The van der Waals surface area contributed by atoms with Crippen LogP contribution in [0.25, 0.3) is 11.0 Å². The minimum Gasteiger partial charge on any atom is -0.464 e. The fourth-order valence-electron chi connectivity index (χ4n) is 1.69. The van der Waals surface area contributed by atoms with Crippen molar-refractivity contribution < 1.29 is 26.0 Å². The Balaban J connectivity index is 2.71. The maximum atomic E-state index is 12.8. The molecular weight excluding hydrogens is 293 g/mol. The zero-order chi connectivity index (χ0) is 13.6. The summed E-state index contributed by atoms with van der Waals surface area (Å²) in [5.41, 5.74) is -0.338. The fourth-order valence-corrected chi connectivity index (χ4v) is 3.09. The van der Waals surface area contributed by atoms with Crippen molar-refractivity contribution in [2.24, 2.45) is 0 Å². The second kappa shape index (κ2) is 4.17. The minimum atomic E-state index is -5.01. The Morgan fingerprint density at radius 2 is 1.83 bits per heavy atom. The summed E-state index contributed by atoms with van der Waals surface area (Å²) >= 11 is 0. The smallest absolute Gasteiger partial charge is 0.410 e. The Kier molecular flexibility index (Phi) is 3.06. The predicted octanol–water partition coefficient (Wildman–Crippen LogP) is 3.60. The number of benzene rings is 1. The zero-order valence-electron chi connectivity index (χ0n) is 8.61. The van der Waals surface area contributed by atoms with Gasteiger partial charge in [0.1, 0.15) is 5.58 Å². The first kappa shape index (κ1) is 13.2. The number of rotatable bonds is 2. The van der Waals surface area contributed by atoms with Crippen LogP contribution in [0, 0.1) is 0 Å². The molecule has 1 atom stereocenters. The van der Waals surface area contributed by atoms with E-state index in [1.165, 1.54) is 18.2 Å². The molecular formula is C10H6ClF3O3S. The summed E-state index contributed by atoms with van der Waals surface area (Å²) in [6.45, 7) is 0. The van der Waals surface area contributed by atoms with Crippen LogP contribution in [-0.4, -0.2) is 14.6 Å². The van der Waals surface area contributed by atoms with E-state index in [2.05, 4.69) is 0 Å². The third-order valence-corrected chi connectivity index (χ3v) is 3.99. The van der Waals surface area contributed by atoms with Crippen molar-refractivity contribution in [2.45, 2.75) is 11.4 Å². The van der Waals surface area contributed by atoms with E-state index < -0.39 is 26.0 Å². The molecule has 0 bridgehead atoms. The van der Waals surface area contributed by atoms with Crippen molar-refractivity contribution in [1.29, 1.82) is 0 Å². The van der Waals surface area contributed by atoms with E-state index in [1.807, 2.05) is 0 Å². The van der Waals surface area contributed by atoms with Crippen LogP contribution < -0.4 is 0 Å². The summed E-state index contributed by atoms with van der Waals surface area (Å²) in [5.74, 6) is 0. The molecule has 3 nitrogen and oxygen atoms in total. The van der Waals surface area contributed by atoms with Gasteiger partial charge < -0.3 is 4.42 Å². The van der Waals surface area contributed by atoms with E-state index in [0.717, 1.165) is 6.26 Å². The summed E-state index contributed by atoms with van der Waals surface area (Å²) < 4.78 is 65.6. The number of fused-ring (bicyclic) bond motifs is 1. The molecule has 1 aromatic carbocycles. The van der Waals surface area contributed by atoms with Crippen LogP contribution in [0.3, 0.4) is 0 Å². The average molecular weight is 299 g/mol. The lowest BCUT2D eigenvalue weighted by atomic mass is 10.1. The first-order valence-electron chi connectivity index (χ1n) is 4.67. The van der Waals surface area contributed by atoms with E-state index in [1.54, 1.807) is 6.07 Å². The standard InChI is InChI=1S/C10H6ClF3O3S/c11-18(15,16)9(10(12,13)14)7-5-17-8-4-2-1-3-6(7)8/h1-5,9H. The van der Waals surface area contributed by atoms with Crippen molar-refractivity contribution in [3.63, 3.8) is 0 Å². The Morgan fingerprint density at radius 1 is 1.22 bits per heavy atom. The second-order valence-electron chi connectivity index (χ2n) is 3.58. The van der Waals surface area contributed by atoms with E-state index in [9.17, 15) is 21.6 Å². The van der Waals surface area contributed by atoms with Crippen LogP contribution in [0.1, 0.15) is 10.8 Å². The quantitative estimate of drug-likeness (QED) is 0.796. The monoisotopic (exact) mass is 298 g/mol. The Morgan fingerprint density at radius 3 is 2.39 bits per heavy atom. The summed E-state index contributed by atoms with van der Waals surface area (Å²) in [6, 6.07) is 5.82. The van der Waals surface area contributed by atoms with Crippen molar-refractivity contribution in [2.75, 3.05) is 0 Å². The lowest BCUT2D eigenvalue weighted by Gasteiger charge is -2.15. The topological polar surface area (TPSA) is 47.3 Å². The normalized spacial score (nSPS) is 14.9. The summed E-state index contributed by atoms with van der Waals surface area (Å²) in [7, 11) is 0.0364. The van der Waals surface area contributed by atoms with Crippen LogP contribution in [0.5, 0.6) is 0 Å². The van der Waals surface area contributed by atoms with Crippen LogP contribution in [-0.2, 0) is 9.05 Å². The van der Waals surface area contributed by atoms with Crippen LogP contribution in [0.4, 0.5) is 13.2 Å². The van der Waals surface area contributed by atoms with Gasteiger partial charge in [-0.2, -0.15) is 13.2 Å². The fraction of sp³-hybridized carbons (Fsp3) is 0.200. The molecule has 0 N–H and O–H groups in total. The number of hydrogen-bond acceptors (Lipinski definition) is 3. The number of alkyl halides is 3. The molecule has 0 aliphatic carbocycles. The first-order chi connectivity index (χ1) is 8.21. The van der Waals surface area contributed by atoms with Gasteiger partial charge in [0.25, 0.3) is 0 Å². The molecule has 2 aromatic rings. The maximum Gasteiger partial charge on any atom is 0.410 e. The number of para-hydroxylation sites is 1. The van der Waals surface area contributed by atoms with Gasteiger partial charge in [0.15, 0.2) is 5.25 Å². The van der Waals surface area contributed by atoms with E-state index in [4.69, 9.17) is 15.1 Å². The Labute approximate surface area is 105 Å². The van der Waals surface area contributed by atoms with Crippen LogP contribution in [0.2, 0.25) is 0 Å². The highest BCUT2D eigenvalue weighted by molar-refractivity contribution is 8.14. The van der Waals surface area contributed by atoms with Crippen LogP contribution in [0.15, 0.2) is 34.9 Å². The highest BCUT2D eigenvalue weighted by atomic mass is 35.7. The van der Waals surface area contributed by atoms with Gasteiger partial charge >= 0.3 is 6.18 Å². The molecule has 2 rings (SSSR count). The average Bonchev–Trinajstić information content (AvgIpc) is 2.58. The molecule has 1 heterocycles. The van der Waals surface area contributed by atoms with Gasteiger partial charge in [0.2, 0.25) is 9.05 Å². The molecule has 1 aromatic heterocycles. The number of furan rings is 1. The molecule has 0 saturated carbocycles. The van der Waals surface area contributed by atoms with Crippen LogP contribution >= 0.6 is 10.7 Å². The molecule has 0 spiro atoms. The van der Waals surface area contributed by atoms with Gasteiger partial charge in [-0.05, 0) is 6.07 Å². The van der Waals surface area contributed by atoms with E-state index >= 15 is 0 Å². The van der Waals surface area contributed by atoms with Crippen molar-refractivity contribution >= 4 is 30.7 Å². The Bertz CT molecular complexity index is 675. The summed E-state index contributed by atoms with van der Waals surface area (Å²) in [4.78, 5) is 0. The molecule has 98 valence electrons. The highest BCUT2D eigenvalue weighted by Crippen LogP contribution is 2.43. The number of halogens is 4. The van der Waals surface area contributed by atoms with Crippen molar-refractivity contribution in [1.82, 2.24) is 0 Å². The van der Waals surface area contributed by atoms with Gasteiger partial charge in [-0.3, -0.25) is 0 Å². The van der Waals surface area contributed by atoms with Gasteiger partial charge in [-0.15, -0.1) is 0 Å². The van der Waals surface area contributed by atoms with E-state index in [-0.39, 0.29) is 11.0 Å². The second-order valence-corrected chi connectivity index (χ2v) is 6.30. The molecule has 0 aliphatic heterocycles. The van der Waals surface area contributed by atoms with Gasteiger partial charge in [0.05, 0.1) is 6.26 Å². The maximum absolute atomic E-state index is 12.8. The highest BCUT2D eigenvalue weighted by Gasteiger charge is 2.50. The third-order valence-electron chi connectivity index (χ3n) is 2.37. The SMILES string of the molecule is O=S(=O)(Cl)C(c1coc2ccccc12)C(F)(F)F. The molecule has 0 fully saturated rings. The molecule has 0 amide bonds. The molecule has 0 radical (unpaired) electrons. The zero-order valence-corrected chi connectivity index (χ0v) is 10.2. The third kappa shape index (κ3) is 2.32. The van der Waals surface area contributed by atoms with Gasteiger partial charge in [-0.25, -0.2) is 8.42 Å². The largest absolute Gasteiger partial charge is 0.464 e. The van der Waals surface area contributed by atoms with Crippen molar-refractivity contribution in [3.05, 3.63) is 36.1 Å². The lowest BCUT2D eigenvalue weighted by molar-refractivity contribution is -0.131. The van der Waals surface area contributed by atoms with E-state index in [0.29, 0.717) is 0 Å².